The van der Waals surface area contributed by atoms with Crippen molar-refractivity contribution >= 4 is 22.8 Å². The van der Waals surface area contributed by atoms with E-state index in [4.69, 9.17) is 9.84 Å². The molecule has 0 aromatic heterocycles. The highest BCUT2D eigenvalue weighted by Crippen LogP contribution is 2.27. The number of ether oxygens (including phenoxy) is 1. The summed E-state index contributed by atoms with van der Waals surface area (Å²) in [5, 5.41) is 13.8. The predicted molar refractivity (Wildman–Crippen MR) is 81.4 cm³/mol. The topological polar surface area (TPSA) is 75.6 Å². The third-order valence-electron chi connectivity index (χ3n) is 4.08. The summed E-state index contributed by atoms with van der Waals surface area (Å²) in [6.07, 6.45) is 0.719. The lowest BCUT2D eigenvalue weighted by Crippen LogP contribution is -2.50. The third kappa shape index (κ3) is 3.03. The van der Waals surface area contributed by atoms with Gasteiger partial charge in [0.05, 0.1) is 5.92 Å². The van der Waals surface area contributed by atoms with Gasteiger partial charge in [0.2, 0.25) is 0 Å². The van der Waals surface area contributed by atoms with Gasteiger partial charge >= 0.3 is 12.1 Å². The number of amides is 1. The maximum absolute atomic E-state index is 11.7. The summed E-state index contributed by atoms with van der Waals surface area (Å²) in [7, 11) is 0. The number of aliphatic carboxylic acids is 1. The Kier molecular flexibility index (Phi) is 3.96. The first-order valence-corrected chi connectivity index (χ1v) is 7.27. The molecule has 5 nitrogen and oxygen atoms in total. The fourth-order valence-corrected chi connectivity index (χ4v) is 2.64. The highest BCUT2D eigenvalue weighted by Gasteiger charge is 2.37. The summed E-state index contributed by atoms with van der Waals surface area (Å²) in [6, 6.07) is 13.5. The highest BCUT2D eigenvalue weighted by molar-refractivity contribution is 5.83. The Labute approximate surface area is 127 Å². The maximum atomic E-state index is 11.7. The van der Waals surface area contributed by atoms with Crippen molar-refractivity contribution in [2.45, 2.75) is 25.5 Å². The zero-order valence-corrected chi connectivity index (χ0v) is 12.0. The molecule has 2 atom stereocenters. The number of hydrogen-bond acceptors (Lipinski definition) is 3. The molecular formula is C17H17NO4. The number of fused-ring (bicyclic) bond motifs is 1. The molecular weight excluding hydrogens is 282 g/mol. The summed E-state index contributed by atoms with van der Waals surface area (Å²) in [5.74, 6) is -1.36. The van der Waals surface area contributed by atoms with Crippen LogP contribution in [0.25, 0.3) is 10.8 Å². The van der Waals surface area contributed by atoms with Crippen LogP contribution in [-0.4, -0.2) is 23.2 Å². The van der Waals surface area contributed by atoms with Gasteiger partial charge in [-0.25, -0.2) is 4.79 Å². The maximum Gasteiger partial charge on any atom is 0.407 e. The number of nitrogens with one attached hydrogen (secondary N) is 1. The molecule has 0 bridgehead atoms. The van der Waals surface area contributed by atoms with Crippen LogP contribution in [0, 0.1) is 5.92 Å². The summed E-state index contributed by atoms with van der Waals surface area (Å²) in [4.78, 5) is 22.6. The van der Waals surface area contributed by atoms with Gasteiger partial charge in [-0.05, 0) is 35.2 Å². The molecule has 1 saturated carbocycles. The number of carboxylic acid groups (broad SMARTS) is 1. The van der Waals surface area contributed by atoms with Gasteiger partial charge in [-0.3, -0.25) is 4.79 Å². The summed E-state index contributed by atoms with van der Waals surface area (Å²) < 4.78 is 5.17. The molecule has 2 N–H and O–H groups in total. The smallest absolute Gasteiger partial charge is 0.407 e. The fraction of sp³-hybridized carbons (Fsp3) is 0.294. The Morgan fingerprint density at radius 3 is 2.59 bits per heavy atom. The Bertz CT molecular complexity index is 713. The molecule has 3 rings (SSSR count). The van der Waals surface area contributed by atoms with Gasteiger partial charge in [0.15, 0.2) is 0 Å². The monoisotopic (exact) mass is 299 g/mol. The van der Waals surface area contributed by atoms with E-state index in [9.17, 15) is 9.59 Å². The summed E-state index contributed by atoms with van der Waals surface area (Å²) >= 11 is 0. The minimum absolute atomic E-state index is 0.168. The van der Waals surface area contributed by atoms with Crippen LogP contribution >= 0.6 is 0 Å². The normalized spacial score (nSPS) is 20.2. The van der Waals surface area contributed by atoms with Crippen molar-refractivity contribution in [2.75, 3.05) is 0 Å². The van der Waals surface area contributed by atoms with E-state index in [-0.39, 0.29) is 12.6 Å². The van der Waals surface area contributed by atoms with Crippen LogP contribution in [0.3, 0.4) is 0 Å². The molecule has 114 valence electrons. The Hall–Kier alpha value is -2.56. The van der Waals surface area contributed by atoms with Crippen molar-refractivity contribution in [1.29, 1.82) is 0 Å². The number of carboxylic acids is 1. The summed E-state index contributed by atoms with van der Waals surface area (Å²) in [6.45, 7) is 0.168. The minimum Gasteiger partial charge on any atom is -0.481 e. The van der Waals surface area contributed by atoms with E-state index in [2.05, 4.69) is 5.32 Å². The van der Waals surface area contributed by atoms with E-state index in [1.807, 2.05) is 42.5 Å². The second-order valence-electron chi connectivity index (χ2n) is 5.53. The lowest BCUT2D eigenvalue weighted by atomic mass is 9.80. The number of rotatable bonds is 4. The van der Waals surface area contributed by atoms with E-state index in [1.165, 1.54) is 0 Å². The molecule has 0 spiro atoms. The predicted octanol–water partition coefficient (Wildman–Crippen LogP) is 2.93. The van der Waals surface area contributed by atoms with Crippen LogP contribution in [0.15, 0.2) is 42.5 Å². The van der Waals surface area contributed by atoms with Crippen molar-refractivity contribution in [1.82, 2.24) is 5.32 Å². The van der Waals surface area contributed by atoms with Gasteiger partial charge in [0.25, 0.3) is 0 Å². The van der Waals surface area contributed by atoms with E-state index in [0.29, 0.717) is 12.8 Å². The quantitative estimate of drug-likeness (QED) is 0.910. The van der Waals surface area contributed by atoms with Crippen LogP contribution in [0.5, 0.6) is 0 Å². The summed E-state index contributed by atoms with van der Waals surface area (Å²) in [5.41, 5.74) is 0.900. The molecule has 2 aromatic carbocycles. The van der Waals surface area contributed by atoms with E-state index < -0.39 is 18.0 Å². The van der Waals surface area contributed by atoms with E-state index >= 15 is 0 Å². The second kappa shape index (κ2) is 6.05. The van der Waals surface area contributed by atoms with Gasteiger partial charge in [-0.2, -0.15) is 0 Å². The molecule has 0 heterocycles. The average Bonchev–Trinajstić information content (AvgIpc) is 2.48. The molecule has 1 fully saturated rings. The Balaban J connectivity index is 1.55. The number of benzene rings is 2. The molecule has 0 saturated heterocycles. The van der Waals surface area contributed by atoms with Gasteiger partial charge in [-0.1, -0.05) is 36.4 Å². The van der Waals surface area contributed by atoms with Crippen LogP contribution < -0.4 is 5.32 Å². The lowest BCUT2D eigenvalue weighted by Gasteiger charge is -2.33. The van der Waals surface area contributed by atoms with Crippen molar-refractivity contribution in [3.63, 3.8) is 0 Å². The van der Waals surface area contributed by atoms with Crippen molar-refractivity contribution in [2.24, 2.45) is 5.92 Å². The van der Waals surface area contributed by atoms with Crippen LogP contribution in [0.2, 0.25) is 0 Å². The number of carbonyl (C=O) groups is 2. The molecule has 5 heteroatoms. The molecule has 0 radical (unpaired) electrons. The molecule has 2 unspecified atom stereocenters. The van der Waals surface area contributed by atoms with Crippen LogP contribution in [-0.2, 0) is 16.1 Å². The van der Waals surface area contributed by atoms with Gasteiger partial charge in [0.1, 0.15) is 6.61 Å². The first-order chi connectivity index (χ1) is 10.6. The van der Waals surface area contributed by atoms with E-state index in [0.717, 1.165) is 16.3 Å². The minimum atomic E-state index is -0.869. The molecule has 2 aromatic rings. The first-order valence-electron chi connectivity index (χ1n) is 7.27. The van der Waals surface area contributed by atoms with Crippen LogP contribution in [0.4, 0.5) is 4.79 Å². The molecule has 1 aliphatic carbocycles. The lowest BCUT2D eigenvalue weighted by molar-refractivity contribution is -0.145. The van der Waals surface area contributed by atoms with Crippen molar-refractivity contribution in [3.8, 4) is 0 Å². The van der Waals surface area contributed by atoms with Crippen molar-refractivity contribution in [3.05, 3.63) is 48.0 Å². The largest absolute Gasteiger partial charge is 0.481 e. The number of carbonyl (C=O) groups excluding carboxylic acids is 1. The standard InChI is InChI=1S/C17H17NO4/c19-16(20)14-7-8-15(14)18-17(21)22-10-11-5-6-12-3-1-2-4-13(12)9-11/h1-6,9,14-15H,7-8,10H2,(H,18,21)(H,19,20). The van der Waals surface area contributed by atoms with Crippen molar-refractivity contribution < 1.29 is 19.4 Å². The first kappa shape index (κ1) is 14.4. The number of alkyl carbamates (subject to hydrolysis) is 1. The zero-order chi connectivity index (χ0) is 15.5. The number of hydrogen-bond donors (Lipinski definition) is 2. The molecule has 22 heavy (non-hydrogen) atoms. The SMILES string of the molecule is O=C(NC1CCC1C(=O)O)OCc1ccc2ccccc2c1. The fourth-order valence-electron chi connectivity index (χ4n) is 2.64. The van der Waals surface area contributed by atoms with Crippen LogP contribution in [0.1, 0.15) is 18.4 Å². The second-order valence-corrected chi connectivity index (χ2v) is 5.53. The Morgan fingerprint density at radius 2 is 1.91 bits per heavy atom. The van der Waals surface area contributed by atoms with Gasteiger partial charge < -0.3 is 15.2 Å². The Morgan fingerprint density at radius 1 is 1.14 bits per heavy atom. The van der Waals surface area contributed by atoms with Gasteiger partial charge in [-0.15, -0.1) is 0 Å². The molecule has 0 aliphatic heterocycles. The third-order valence-corrected chi connectivity index (χ3v) is 4.08. The molecule has 1 amide bonds. The molecule has 1 aliphatic rings. The average molecular weight is 299 g/mol. The van der Waals surface area contributed by atoms with E-state index in [1.54, 1.807) is 0 Å². The zero-order valence-electron chi connectivity index (χ0n) is 12.0. The van der Waals surface area contributed by atoms with Gasteiger partial charge in [0, 0.05) is 6.04 Å². The highest BCUT2D eigenvalue weighted by atomic mass is 16.5.